The van der Waals surface area contributed by atoms with Gasteiger partial charge >= 0.3 is 0 Å². The van der Waals surface area contributed by atoms with Gasteiger partial charge in [-0.1, -0.05) is 15.9 Å². The number of rotatable bonds is 4. The number of fused-ring (bicyclic) bond motifs is 1. The molecular weight excluding hydrogens is 298 g/mol. The molecule has 2 rings (SSSR count). The molecule has 0 aromatic heterocycles. The maximum Gasteiger partial charge on any atom is 0.124 e. The highest BCUT2D eigenvalue weighted by Gasteiger charge is 2.26. The van der Waals surface area contributed by atoms with Crippen molar-refractivity contribution in [3.8, 4) is 5.75 Å². The second kappa shape index (κ2) is 6.12. The van der Waals surface area contributed by atoms with Crippen molar-refractivity contribution < 1.29 is 4.74 Å². The number of benzene rings is 1. The summed E-state index contributed by atoms with van der Waals surface area (Å²) in [5.41, 5.74) is 1.27. The maximum atomic E-state index is 6.05. The Morgan fingerprint density at radius 1 is 1.53 bits per heavy atom. The molecule has 17 heavy (non-hydrogen) atoms. The minimum absolute atomic E-state index is 0.341. The number of thioether (sulfide) groups is 1. The van der Waals surface area contributed by atoms with Gasteiger partial charge in [0.2, 0.25) is 0 Å². The summed E-state index contributed by atoms with van der Waals surface area (Å²) in [6, 6.07) is 6.67. The smallest absolute Gasteiger partial charge is 0.124 e. The standard InChI is InChI=1S/C13H18BrNOS/c1-15-12-8-10(5-6-17-2)16-13-4-3-9(14)7-11(12)13/h3-4,7,10,12,15H,5-6,8H2,1-2H3. The summed E-state index contributed by atoms with van der Waals surface area (Å²) in [7, 11) is 2.02. The quantitative estimate of drug-likeness (QED) is 0.917. The molecule has 0 amide bonds. The Morgan fingerprint density at radius 2 is 2.35 bits per heavy atom. The van der Waals surface area contributed by atoms with E-state index in [1.807, 2.05) is 24.9 Å². The van der Waals surface area contributed by atoms with Crippen LogP contribution in [0.2, 0.25) is 0 Å². The van der Waals surface area contributed by atoms with Crippen LogP contribution in [0.5, 0.6) is 5.75 Å². The highest BCUT2D eigenvalue weighted by Crippen LogP contribution is 2.37. The second-order valence-corrected chi connectivity index (χ2v) is 6.18. The SMILES string of the molecule is CNC1CC(CCSC)Oc2ccc(Br)cc21. The van der Waals surface area contributed by atoms with Crippen LogP contribution in [-0.2, 0) is 0 Å². The summed E-state index contributed by atoms with van der Waals surface area (Å²) < 4.78 is 7.16. The average molecular weight is 316 g/mol. The summed E-state index contributed by atoms with van der Waals surface area (Å²) in [5.74, 6) is 2.19. The number of ether oxygens (including phenoxy) is 1. The molecule has 0 saturated heterocycles. The van der Waals surface area contributed by atoms with Crippen LogP contribution in [0.4, 0.5) is 0 Å². The molecule has 1 aromatic rings. The minimum atomic E-state index is 0.341. The van der Waals surface area contributed by atoms with Crippen molar-refractivity contribution in [2.24, 2.45) is 0 Å². The van der Waals surface area contributed by atoms with E-state index in [-0.39, 0.29) is 0 Å². The Labute approximate surface area is 116 Å². The molecule has 0 bridgehead atoms. The van der Waals surface area contributed by atoms with E-state index in [1.165, 1.54) is 5.56 Å². The van der Waals surface area contributed by atoms with Gasteiger partial charge in [0.25, 0.3) is 0 Å². The first kappa shape index (κ1) is 13.2. The van der Waals surface area contributed by atoms with E-state index in [2.05, 4.69) is 39.6 Å². The van der Waals surface area contributed by atoms with E-state index >= 15 is 0 Å². The predicted octanol–water partition coefficient (Wildman–Crippen LogP) is 3.61. The fourth-order valence-electron chi connectivity index (χ4n) is 2.22. The lowest BCUT2D eigenvalue weighted by Gasteiger charge is -2.32. The normalized spacial score (nSPS) is 23.0. The Morgan fingerprint density at radius 3 is 3.06 bits per heavy atom. The van der Waals surface area contributed by atoms with Crippen molar-refractivity contribution in [1.29, 1.82) is 0 Å². The predicted molar refractivity (Wildman–Crippen MR) is 78.0 cm³/mol. The largest absolute Gasteiger partial charge is 0.490 e. The van der Waals surface area contributed by atoms with Crippen molar-refractivity contribution in [2.75, 3.05) is 19.1 Å². The van der Waals surface area contributed by atoms with Gasteiger partial charge in [-0.15, -0.1) is 0 Å². The highest BCUT2D eigenvalue weighted by molar-refractivity contribution is 9.10. The van der Waals surface area contributed by atoms with E-state index in [9.17, 15) is 0 Å². The second-order valence-electron chi connectivity index (χ2n) is 4.28. The number of nitrogens with one attached hydrogen (secondary N) is 1. The van der Waals surface area contributed by atoms with Gasteiger partial charge in [0.1, 0.15) is 11.9 Å². The Hall–Kier alpha value is -0.190. The third-order valence-electron chi connectivity index (χ3n) is 3.13. The lowest BCUT2D eigenvalue weighted by Crippen LogP contribution is -2.31. The molecule has 1 heterocycles. The van der Waals surface area contributed by atoms with Gasteiger partial charge in [-0.2, -0.15) is 11.8 Å². The van der Waals surface area contributed by atoms with Gasteiger partial charge in [-0.05, 0) is 43.7 Å². The third kappa shape index (κ3) is 3.18. The first-order valence-corrected chi connectivity index (χ1v) is 8.05. The Kier molecular flexibility index (Phi) is 4.77. The Balaban J connectivity index is 2.17. The summed E-state index contributed by atoms with van der Waals surface area (Å²) in [6.07, 6.45) is 4.66. The number of halogens is 1. The van der Waals surface area contributed by atoms with Crippen LogP contribution in [0.15, 0.2) is 22.7 Å². The first-order valence-electron chi connectivity index (χ1n) is 5.87. The van der Waals surface area contributed by atoms with Crippen LogP contribution in [0.25, 0.3) is 0 Å². The van der Waals surface area contributed by atoms with Crippen LogP contribution < -0.4 is 10.1 Å². The lowest BCUT2D eigenvalue weighted by molar-refractivity contribution is 0.149. The van der Waals surface area contributed by atoms with Crippen LogP contribution >= 0.6 is 27.7 Å². The molecule has 94 valence electrons. The maximum absolute atomic E-state index is 6.05. The molecule has 2 nitrogen and oxygen atoms in total. The van der Waals surface area contributed by atoms with Crippen molar-refractivity contribution in [3.63, 3.8) is 0 Å². The molecule has 2 atom stereocenters. The molecule has 0 spiro atoms. The van der Waals surface area contributed by atoms with Gasteiger partial charge in [0.05, 0.1) is 0 Å². The van der Waals surface area contributed by atoms with E-state index in [1.54, 1.807) is 0 Å². The van der Waals surface area contributed by atoms with Gasteiger partial charge in [0, 0.05) is 22.5 Å². The molecule has 4 heteroatoms. The van der Waals surface area contributed by atoms with E-state index in [0.29, 0.717) is 12.1 Å². The van der Waals surface area contributed by atoms with Crippen LogP contribution in [0.3, 0.4) is 0 Å². The van der Waals surface area contributed by atoms with Crippen molar-refractivity contribution >= 4 is 27.7 Å². The van der Waals surface area contributed by atoms with E-state index in [4.69, 9.17) is 4.74 Å². The molecule has 0 fully saturated rings. The van der Waals surface area contributed by atoms with Crippen LogP contribution in [0, 0.1) is 0 Å². The lowest BCUT2D eigenvalue weighted by atomic mass is 9.95. The van der Waals surface area contributed by atoms with Gasteiger partial charge < -0.3 is 10.1 Å². The van der Waals surface area contributed by atoms with E-state index in [0.717, 1.165) is 28.8 Å². The fraction of sp³-hybridized carbons (Fsp3) is 0.538. The van der Waals surface area contributed by atoms with Gasteiger partial charge in [-0.25, -0.2) is 0 Å². The molecule has 1 aliphatic rings. The average Bonchev–Trinajstić information content (AvgIpc) is 2.35. The van der Waals surface area contributed by atoms with Crippen LogP contribution in [-0.4, -0.2) is 25.2 Å². The van der Waals surface area contributed by atoms with Crippen molar-refractivity contribution in [1.82, 2.24) is 5.32 Å². The third-order valence-corrected chi connectivity index (χ3v) is 4.27. The highest BCUT2D eigenvalue weighted by atomic mass is 79.9. The molecule has 1 aromatic carbocycles. The van der Waals surface area contributed by atoms with Crippen LogP contribution in [0.1, 0.15) is 24.4 Å². The topological polar surface area (TPSA) is 21.3 Å². The van der Waals surface area contributed by atoms with Gasteiger partial charge in [0.15, 0.2) is 0 Å². The molecule has 1 aliphatic heterocycles. The number of hydrogen-bond donors (Lipinski definition) is 1. The molecule has 1 N–H and O–H groups in total. The summed E-state index contributed by atoms with van der Waals surface area (Å²) in [6.45, 7) is 0. The van der Waals surface area contributed by atoms with E-state index < -0.39 is 0 Å². The first-order chi connectivity index (χ1) is 8.24. The summed E-state index contributed by atoms with van der Waals surface area (Å²) in [5, 5.41) is 3.39. The monoisotopic (exact) mass is 315 g/mol. The zero-order valence-corrected chi connectivity index (χ0v) is 12.6. The number of hydrogen-bond acceptors (Lipinski definition) is 3. The molecule has 0 aliphatic carbocycles. The van der Waals surface area contributed by atoms with Gasteiger partial charge in [-0.3, -0.25) is 0 Å². The van der Waals surface area contributed by atoms with Crippen molar-refractivity contribution in [3.05, 3.63) is 28.2 Å². The molecule has 2 unspecified atom stereocenters. The fourth-order valence-corrected chi connectivity index (χ4v) is 3.09. The zero-order valence-electron chi connectivity index (χ0n) is 10.2. The summed E-state index contributed by atoms with van der Waals surface area (Å²) in [4.78, 5) is 0. The zero-order chi connectivity index (χ0) is 12.3. The molecular formula is C13H18BrNOS. The summed E-state index contributed by atoms with van der Waals surface area (Å²) >= 11 is 5.40. The molecule has 0 radical (unpaired) electrons. The minimum Gasteiger partial charge on any atom is -0.490 e. The van der Waals surface area contributed by atoms with Crippen molar-refractivity contribution in [2.45, 2.75) is 25.0 Å². The Bertz CT molecular complexity index is 386. The molecule has 0 saturated carbocycles.